The Morgan fingerprint density at radius 3 is 2.79 bits per heavy atom. The highest BCUT2D eigenvalue weighted by Gasteiger charge is 2.22. The van der Waals surface area contributed by atoms with Crippen LogP contribution in [-0.4, -0.2) is 9.97 Å². The lowest BCUT2D eigenvalue weighted by Crippen LogP contribution is -2.20. The lowest BCUT2D eigenvalue weighted by Gasteiger charge is -2.17. The summed E-state index contributed by atoms with van der Waals surface area (Å²) in [5.41, 5.74) is 9.72. The van der Waals surface area contributed by atoms with Crippen LogP contribution in [0.5, 0.6) is 0 Å². The molecule has 0 amide bonds. The van der Waals surface area contributed by atoms with Gasteiger partial charge in [0.25, 0.3) is 0 Å². The van der Waals surface area contributed by atoms with Crippen LogP contribution in [0.2, 0.25) is 0 Å². The second kappa shape index (κ2) is 3.65. The molecule has 14 heavy (non-hydrogen) atoms. The topological polar surface area (TPSA) is 51.8 Å². The zero-order valence-corrected chi connectivity index (χ0v) is 8.83. The average Bonchev–Trinajstić information content (AvgIpc) is 2.63. The van der Waals surface area contributed by atoms with Crippen LogP contribution >= 0.6 is 0 Å². The smallest absolute Gasteiger partial charge is 0.116 e. The number of nitrogens with two attached hydrogens (primary N) is 1. The third-order valence-electron chi connectivity index (χ3n) is 2.94. The summed E-state index contributed by atoms with van der Waals surface area (Å²) in [6, 6.07) is 0.0600. The van der Waals surface area contributed by atoms with Crippen LogP contribution in [0, 0.1) is 5.92 Å². The van der Waals surface area contributed by atoms with Crippen molar-refractivity contribution in [2.24, 2.45) is 11.7 Å². The highest BCUT2D eigenvalue weighted by molar-refractivity contribution is 5.30. The first-order valence-electron chi connectivity index (χ1n) is 5.28. The molecule has 1 aromatic heterocycles. The molecule has 0 bridgehead atoms. The van der Waals surface area contributed by atoms with Crippen molar-refractivity contribution in [2.45, 2.75) is 39.2 Å². The summed E-state index contributed by atoms with van der Waals surface area (Å²) in [5, 5.41) is 0. The van der Waals surface area contributed by atoms with E-state index in [9.17, 15) is 0 Å². The fourth-order valence-electron chi connectivity index (χ4n) is 1.99. The fraction of sp³-hybridized carbons (Fsp3) is 0.636. The first-order chi connectivity index (χ1) is 6.70. The summed E-state index contributed by atoms with van der Waals surface area (Å²) >= 11 is 0. The van der Waals surface area contributed by atoms with Crippen LogP contribution in [0.4, 0.5) is 0 Å². The lowest BCUT2D eigenvalue weighted by atomic mass is 9.97. The third-order valence-corrected chi connectivity index (χ3v) is 2.94. The molecule has 0 radical (unpaired) electrons. The van der Waals surface area contributed by atoms with Crippen LogP contribution in [0.3, 0.4) is 0 Å². The number of aromatic nitrogens is 2. The first-order valence-corrected chi connectivity index (χ1v) is 5.28. The molecule has 1 aromatic rings. The second-order valence-electron chi connectivity index (χ2n) is 4.31. The fourth-order valence-corrected chi connectivity index (χ4v) is 1.99. The molecule has 3 heteroatoms. The molecule has 1 aliphatic rings. The zero-order chi connectivity index (χ0) is 10.1. The molecule has 0 spiro atoms. The van der Waals surface area contributed by atoms with Gasteiger partial charge in [0.05, 0.1) is 5.69 Å². The normalized spacial score (nSPS) is 17.1. The summed E-state index contributed by atoms with van der Waals surface area (Å²) in [4.78, 5) is 8.63. The van der Waals surface area contributed by atoms with Crippen molar-refractivity contribution in [1.82, 2.24) is 9.97 Å². The summed E-state index contributed by atoms with van der Waals surface area (Å²) in [6.45, 7) is 4.27. The minimum atomic E-state index is 0.0600. The highest BCUT2D eigenvalue weighted by Crippen LogP contribution is 2.27. The van der Waals surface area contributed by atoms with E-state index < -0.39 is 0 Å². The van der Waals surface area contributed by atoms with E-state index in [1.54, 1.807) is 6.33 Å². The van der Waals surface area contributed by atoms with E-state index in [-0.39, 0.29) is 6.04 Å². The molecule has 76 valence electrons. The van der Waals surface area contributed by atoms with Gasteiger partial charge >= 0.3 is 0 Å². The third kappa shape index (κ3) is 1.52. The van der Waals surface area contributed by atoms with Crippen LogP contribution in [-0.2, 0) is 12.8 Å². The standard InChI is InChI=1S/C11H17N3/c1-7(2)10(12)11-8-4-3-5-9(8)13-6-14-11/h6-7,10H,3-5,12H2,1-2H3/t10-/m0/s1. The molecule has 0 fully saturated rings. The van der Waals surface area contributed by atoms with Gasteiger partial charge in [0.15, 0.2) is 0 Å². The van der Waals surface area contributed by atoms with Crippen LogP contribution in [0.1, 0.15) is 43.3 Å². The minimum absolute atomic E-state index is 0.0600. The number of hydrogen-bond donors (Lipinski definition) is 1. The molecule has 1 atom stereocenters. The summed E-state index contributed by atoms with van der Waals surface area (Å²) in [6.07, 6.45) is 5.05. The molecule has 0 saturated heterocycles. The van der Waals surface area contributed by atoms with E-state index in [0.717, 1.165) is 18.5 Å². The number of aryl methyl sites for hydroxylation is 1. The highest BCUT2D eigenvalue weighted by atomic mass is 14.9. The van der Waals surface area contributed by atoms with Crippen LogP contribution in [0.25, 0.3) is 0 Å². The first kappa shape index (κ1) is 9.59. The molecule has 1 heterocycles. The molecule has 0 unspecified atom stereocenters. The van der Waals surface area contributed by atoms with E-state index >= 15 is 0 Å². The Morgan fingerprint density at radius 2 is 2.07 bits per heavy atom. The monoisotopic (exact) mass is 191 g/mol. The van der Waals surface area contributed by atoms with Gasteiger partial charge in [-0.15, -0.1) is 0 Å². The molecular formula is C11H17N3. The number of nitrogens with zero attached hydrogens (tertiary/aromatic N) is 2. The van der Waals surface area contributed by atoms with E-state index in [1.807, 2.05) is 0 Å². The maximum absolute atomic E-state index is 6.12. The zero-order valence-electron chi connectivity index (χ0n) is 8.83. The molecule has 0 saturated carbocycles. The average molecular weight is 191 g/mol. The Kier molecular flexibility index (Phi) is 2.50. The van der Waals surface area contributed by atoms with Gasteiger partial charge in [0, 0.05) is 11.7 Å². The minimum Gasteiger partial charge on any atom is -0.322 e. The Hall–Kier alpha value is -0.960. The van der Waals surface area contributed by atoms with Crippen molar-refractivity contribution in [1.29, 1.82) is 0 Å². The molecule has 3 nitrogen and oxygen atoms in total. The number of fused-ring (bicyclic) bond motifs is 1. The van der Waals surface area contributed by atoms with Crippen molar-refractivity contribution in [3.8, 4) is 0 Å². The molecule has 1 aliphatic carbocycles. The maximum atomic E-state index is 6.12. The van der Waals surface area contributed by atoms with Gasteiger partial charge in [-0.05, 0) is 30.7 Å². The molecule has 2 N–H and O–H groups in total. The lowest BCUT2D eigenvalue weighted by molar-refractivity contribution is 0.498. The summed E-state index contributed by atoms with van der Waals surface area (Å²) < 4.78 is 0. The molecular weight excluding hydrogens is 174 g/mol. The van der Waals surface area contributed by atoms with Gasteiger partial charge in [-0.25, -0.2) is 9.97 Å². The second-order valence-corrected chi connectivity index (χ2v) is 4.31. The van der Waals surface area contributed by atoms with Gasteiger partial charge < -0.3 is 5.73 Å². The Labute approximate surface area is 84.8 Å². The van der Waals surface area contributed by atoms with Crippen molar-refractivity contribution in [3.05, 3.63) is 23.3 Å². The number of hydrogen-bond acceptors (Lipinski definition) is 3. The Balaban J connectivity index is 2.39. The number of rotatable bonds is 2. The van der Waals surface area contributed by atoms with E-state index in [2.05, 4.69) is 23.8 Å². The maximum Gasteiger partial charge on any atom is 0.116 e. The van der Waals surface area contributed by atoms with Crippen molar-refractivity contribution >= 4 is 0 Å². The molecule has 0 aliphatic heterocycles. The summed E-state index contributed by atoms with van der Waals surface area (Å²) in [7, 11) is 0. The van der Waals surface area contributed by atoms with E-state index in [0.29, 0.717) is 5.92 Å². The van der Waals surface area contributed by atoms with Gasteiger partial charge in [-0.3, -0.25) is 0 Å². The van der Waals surface area contributed by atoms with Gasteiger partial charge in [0.2, 0.25) is 0 Å². The SMILES string of the molecule is CC(C)[C@H](N)c1ncnc2c1CCC2. The van der Waals surface area contributed by atoms with Crippen molar-refractivity contribution in [2.75, 3.05) is 0 Å². The Morgan fingerprint density at radius 1 is 1.29 bits per heavy atom. The molecule has 2 rings (SSSR count). The Bertz CT molecular complexity index is 333. The predicted molar refractivity (Wildman–Crippen MR) is 55.8 cm³/mol. The van der Waals surface area contributed by atoms with Crippen molar-refractivity contribution < 1.29 is 0 Å². The quantitative estimate of drug-likeness (QED) is 0.772. The van der Waals surface area contributed by atoms with Crippen molar-refractivity contribution in [3.63, 3.8) is 0 Å². The van der Waals surface area contributed by atoms with E-state index in [4.69, 9.17) is 5.73 Å². The van der Waals surface area contributed by atoms with E-state index in [1.165, 1.54) is 17.7 Å². The largest absolute Gasteiger partial charge is 0.322 e. The molecule has 0 aromatic carbocycles. The van der Waals surface area contributed by atoms with Gasteiger partial charge in [0.1, 0.15) is 6.33 Å². The van der Waals surface area contributed by atoms with Crippen LogP contribution in [0.15, 0.2) is 6.33 Å². The van der Waals surface area contributed by atoms with Gasteiger partial charge in [-0.1, -0.05) is 13.8 Å². The predicted octanol–water partition coefficient (Wildman–Crippen LogP) is 1.62. The van der Waals surface area contributed by atoms with Gasteiger partial charge in [-0.2, -0.15) is 0 Å². The summed E-state index contributed by atoms with van der Waals surface area (Å²) in [5.74, 6) is 0.439. The van der Waals surface area contributed by atoms with Crippen LogP contribution < -0.4 is 5.73 Å².